The zero-order chi connectivity index (χ0) is 14.6. The van der Waals surface area contributed by atoms with Crippen molar-refractivity contribution in [3.8, 4) is 0 Å². The predicted octanol–water partition coefficient (Wildman–Crippen LogP) is 0.551. The molecule has 0 bridgehead atoms. The first-order valence-corrected chi connectivity index (χ1v) is 8.73. The molecule has 1 unspecified atom stereocenters. The average Bonchev–Trinajstić information content (AvgIpc) is 3.07. The Kier molecular flexibility index (Phi) is 5.16. The van der Waals surface area contributed by atoms with Gasteiger partial charge in [0.15, 0.2) is 0 Å². The standard InChI is InChI=1S/C12H20N2O4S2/c1-13-7-10-11(3-6-19-10)20(15,16)14-8-12(17-2)4-5-18-9-12/h3,6,13-14H,4-5,7-9H2,1-2H3. The largest absolute Gasteiger partial charge is 0.378 e. The lowest BCUT2D eigenvalue weighted by Crippen LogP contribution is -2.45. The fourth-order valence-electron chi connectivity index (χ4n) is 2.12. The Labute approximate surface area is 123 Å². The maximum Gasteiger partial charge on any atom is 0.241 e. The van der Waals surface area contributed by atoms with Gasteiger partial charge in [-0.05, 0) is 18.5 Å². The van der Waals surface area contributed by atoms with E-state index in [-0.39, 0.29) is 6.54 Å². The van der Waals surface area contributed by atoms with E-state index in [1.165, 1.54) is 11.3 Å². The number of sulfonamides is 1. The van der Waals surface area contributed by atoms with Gasteiger partial charge in [0.2, 0.25) is 10.0 Å². The van der Waals surface area contributed by atoms with Gasteiger partial charge in [0.1, 0.15) is 5.60 Å². The van der Waals surface area contributed by atoms with Crippen molar-refractivity contribution in [2.75, 3.05) is 33.9 Å². The molecule has 2 rings (SSSR count). The summed E-state index contributed by atoms with van der Waals surface area (Å²) in [6.07, 6.45) is 0.693. The van der Waals surface area contributed by atoms with Crippen LogP contribution in [0.5, 0.6) is 0 Å². The van der Waals surface area contributed by atoms with Crippen molar-refractivity contribution in [2.45, 2.75) is 23.5 Å². The highest BCUT2D eigenvalue weighted by Gasteiger charge is 2.36. The minimum Gasteiger partial charge on any atom is -0.378 e. The average molecular weight is 320 g/mol. The number of ether oxygens (including phenoxy) is 2. The molecule has 0 saturated carbocycles. The maximum absolute atomic E-state index is 12.4. The van der Waals surface area contributed by atoms with Gasteiger partial charge < -0.3 is 14.8 Å². The van der Waals surface area contributed by atoms with Crippen LogP contribution >= 0.6 is 11.3 Å². The molecule has 1 aliphatic heterocycles. The Morgan fingerprint density at radius 1 is 1.55 bits per heavy atom. The van der Waals surface area contributed by atoms with Crippen molar-refractivity contribution >= 4 is 21.4 Å². The van der Waals surface area contributed by atoms with Crippen LogP contribution in [0.2, 0.25) is 0 Å². The van der Waals surface area contributed by atoms with Crippen LogP contribution in [0.1, 0.15) is 11.3 Å². The quantitative estimate of drug-likeness (QED) is 0.767. The molecule has 20 heavy (non-hydrogen) atoms. The molecule has 1 saturated heterocycles. The number of nitrogens with one attached hydrogen (secondary N) is 2. The summed E-state index contributed by atoms with van der Waals surface area (Å²) in [5.41, 5.74) is -0.549. The third-order valence-corrected chi connectivity index (χ3v) is 5.95. The monoisotopic (exact) mass is 320 g/mol. The first-order chi connectivity index (χ1) is 9.53. The van der Waals surface area contributed by atoms with E-state index in [1.54, 1.807) is 25.6 Å². The van der Waals surface area contributed by atoms with Crippen LogP contribution in [0, 0.1) is 0 Å². The summed E-state index contributed by atoms with van der Waals surface area (Å²) in [6, 6.07) is 1.63. The number of hydrogen-bond acceptors (Lipinski definition) is 6. The fraction of sp³-hybridized carbons (Fsp3) is 0.667. The Hall–Kier alpha value is -0.510. The Morgan fingerprint density at radius 2 is 2.35 bits per heavy atom. The van der Waals surface area contributed by atoms with Crippen molar-refractivity contribution in [3.05, 3.63) is 16.3 Å². The van der Waals surface area contributed by atoms with E-state index in [2.05, 4.69) is 10.0 Å². The molecule has 0 radical (unpaired) electrons. The van der Waals surface area contributed by atoms with E-state index in [9.17, 15) is 8.42 Å². The SMILES string of the molecule is CNCc1sccc1S(=O)(=O)NCC1(OC)CCOC1. The Bertz CT molecular complexity index is 535. The molecule has 0 amide bonds. The molecule has 8 heteroatoms. The zero-order valence-electron chi connectivity index (χ0n) is 11.6. The molecule has 1 aromatic heterocycles. The van der Waals surface area contributed by atoms with Crippen LogP contribution in [0.15, 0.2) is 16.3 Å². The van der Waals surface area contributed by atoms with Gasteiger partial charge in [-0.25, -0.2) is 13.1 Å². The van der Waals surface area contributed by atoms with Crippen molar-refractivity contribution in [3.63, 3.8) is 0 Å². The lowest BCUT2D eigenvalue weighted by molar-refractivity contribution is -0.0120. The van der Waals surface area contributed by atoms with Gasteiger partial charge in [-0.15, -0.1) is 11.3 Å². The molecule has 0 aromatic carbocycles. The zero-order valence-corrected chi connectivity index (χ0v) is 13.3. The predicted molar refractivity (Wildman–Crippen MR) is 77.4 cm³/mol. The molecule has 114 valence electrons. The minimum absolute atomic E-state index is 0.223. The molecule has 1 atom stereocenters. The lowest BCUT2D eigenvalue weighted by atomic mass is 10.0. The highest BCUT2D eigenvalue weighted by Crippen LogP contribution is 2.24. The van der Waals surface area contributed by atoms with E-state index in [0.717, 1.165) is 4.88 Å². The van der Waals surface area contributed by atoms with Crippen LogP contribution in [0.4, 0.5) is 0 Å². The highest BCUT2D eigenvalue weighted by molar-refractivity contribution is 7.89. The number of thiophene rings is 1. The normalized spacial score (nSPS) is 23.3. The molecule has 1 aliphatic rings. The highest BCUT2D eigenvalue weighted by atomic mass is 32.2. The van der Waals surface area contributed by atoms with Crippen LogP contribution in [-0.4, -0.2) is 47.9 Å². The van der Waals surface area contributed by atoms with E-state index < -0.39 is 15.6 Å². The van der Waals surface area contributed by atoms with Gasteiger partial charge in [-0.2, -0.15) is 0 Å². The van der Waals surface area contributed by atoms with Gasteiger partial charge in [0, 0.05) is 38.1 Å². The minimum atomic E-state index is -3.52. The molecule has 0 aliphatic carbocycles. The van der Waals surface area contributed by atoms with E-state index in [4.69, 9.17) is 9.47 Å². The van der Waals surface area contributed by atoms with Crippen molar-refractivity contribution in [1.82, 2.24) is 10.0 Å². The van der Waals surface area contributed by atoms with Gasteiger partial charge in [-0.3, -0.25) is 0 Å². The molecular weight excluding hydrogens is 300 g/mol. The second-order valence-electron chi connectivity index (χ2n) is 4.75. The second-order valence-corrected chi connectivity index (χ2v) is 7.49. The van der Waals surface area contributed by atoms with Crippen LogP contribution in [-0.2, 0) is 26.0 Å². The third kappa shape index (κ3) is 3.38. The second kappa shape index (κ2) is 6.50. The fourth-order valence-corrected chi connectivity index (χ4v) is 4.69. The van der Waals surface area contributed by atoms with E-state index >= 15 is 0 Å². The summed E-state index contributed by atoms with van der Waals surface area (Å²) in [4.78, 5) is 1.14. The summed E-state index contributed by atoms with van der Waals surface area (Å²) in [5, 5.41) is 4.76. The first kappa shape index (κ1) is 15.9. The molecule has 1 aromatic rings. The van der Waals surface area contributed by atoms with E-state index in [1.807, 2.05) is 0 Å². The summed E-state index contributed by atoms with van der Waals surface area (Å²) in [7, 11) is -0.146. The van der Waals surface area contributed by atoms with Gasteiger partial charge in [0.25, 0.3) is 0 Å². The molecule has 2 heterocycles. The van der Waals surface area contributed by atoms with Crippen LogP contribution < -0.4 is 10.0 Å². The van der Waals surface area contributed by atoms with Crippen LogP contribution in [0.25, 0.3) is 0 Å². The molecular formula is C12H20N2O4S2. The van der Waals surface area contributed by atoms with Crippen molar-refractivity contribution in [1.29, 1.82) is 0 Å². The molecule has 6 nitrogen and oxygen atoms in total. The van der Waals surface area contributed by atoms with Gasteiger partial charge in [0.05, 0.1) is 11.5 Å². The first-order valence-electron chi connectivity index (χ1n) is 6.36. The summed E-state index contributed by atoms with van der Waals surface area (Å²) < 4.78 is 38.1. The summed E-state index contributed by atoms with van der Waals surface area (Å²) in [6.45, 7) is 1.77. The van der Waals surface area contributed by atoms with Crippen molar-refractivity contribution in [2.24, 2.45) is 0 Å². The molecule has 0 spiro atoms. The van der Waals surface area contributed by atoms with E-state index in [0.29, 0.717) is 31.1 Å². The lowest BCUT2D eigenvalue weighted by Gasteiger charge is -2.25. The molecule has 1 fully saturated rings. The summed E-state index contributed by atoms with van der Waals surface area (Å²) in [5.74, 6) is 0. The maximum atomic E-state index is 12.4. The molecule has 2 N–H and O–H groups in total. The van der Waals surface area contributed by atoms with Gasteiger partial charge >= 0.3 is 0 Å². The number of hydrogen-bond donors (Lipinski definition) is 2. The Morgan fingerprint density at radius 3 is 2.95 bits per heavy atom. The number of methoxy groups -OCH3 is 1. The topological polar surface area (TPSA) is 76.7 Å². The smallest absolute Gasteiger partial charge is 0.241 e. The van der Waals surface area contributed by atoms with Gasteiger partial charge in [-0.1, -0.05) is 0 Å². The third-order valence-electron chi connectivity index (χ3n) is 3.42. The van der Waals surface area contributed by atoms with Crippen molar-refractivity contribution < 1.29 is 17.9 Å². The Balaban J connectivity index is 2.09. The number of rotatable bonds is 7. The van der Waals surface area contributed by atoms with Crippen LogP contribution in [0.3, 0.4) is 0 Å². The summed E-state index contributed by atoms with van der Waals surface area (Å²) >= 11 is 1.43.